The predicted octanol–water partition coefficient (Wildman–Crippen LogP) is 3.89. The van der Waals surface area contributed by atoms with Gasteiger partial charge in [-0.1, -0.05) is 12.1 Å². The first kappa shape index (κ1) is 18.6. The number of methoxy groups -OCH3 is 1. The van der Waals surface area contributed by atoms with E-state index in [1.54, 1.807) is 19.9 Å². The number of benzene rings is 1. The molecule has 0 spiro atoms. The third-order valence-corrected chi connectivity index (χ3v) is 4.39. The lowest BCUT2D eigenvalue weighted by atomic mass is 9.70. The Hall–Kier alpha value is -1.76. The van der Waals surface area contributed by atoms with Crippen molar-refractivity contribution in [3.05, 3.63) is 35.4 Å². The van der Waals surface area contributed by atoms with Crippen molar-refractivity contribution in [2.75, 3.05) is 13.7 Å². The van der Waals surface area contributed by atoms with Gasteiger partial charge in [-0.3, -0.25) is 4.90 Å². The van der Waals surface area contributed by atoms with Gasteiger partial charge in [0.25, 0.3) is 0 Å². The van der Waals surface area contributed by atoms with E-state index in [1.165, 1.54) is 18.1 Å². The van der Waals surface area contributed by atoms with E-state index < -0.39 is 28.9 Å². The van der Waals surface area contributed by atoms with Gasteiger partial charge in [0, 0.05) is 12.1 Å². The van der Waals surface area contributed by atoms with E-state index in [-0.39, 0.29) is 6.54 Å². The fourth-order valence-electron chi connectivity index (χ4n) is 3.12. The van der Waals surface area contributed by atoms with Crippen LogP contribution >= 0.6 is 0 Å². The van der Waals surface area contributed by atoms with Gasteiger partial charge in [0.1, 0.15) is 0 Å². The van der Waals surface area contributed by atoms with Crippen molar-refractivity contribution in [1.82, 2.24) is 4.90 Å². The highest BCUT2D eigenvalue weighted by Crippen LogP contribution is 2.48. The maximum atomic E-state index is 13.0. The van der Waals surface area contributed by atoms with Crippen LogP contribution in [0, 0.1) is 0 Å². The molecule has 0 bridgehead atoms. The van der Waals surface area contributed by atoms with Crippen LogP contribution in [0.15, 0.2) is 24.3 Å². The molecule has 1 aromatic carbocycles. The minimum absolute atomic E-state index is 0.190. The zero-order valence-corrected chi connectivity index (χ0v) is 14.1. The Bertz CT molecular complexity index is 605. The Morgan fingerprint density at radius 3 is 2.38 bits per heavy atom. The number of alkyl halides is 3. The zero-order valence-electron chi connectivity index (χ0n) is 14.1. The molecular formula is C17H23F3N2O2. The van der Waals surface area contributed by atoms with Crippen molar-refractivity contribution in [3.63, 3.8) is 0 Å². The molecule has 0 atom stereocenters. The van der Waals surface area contributed by atoms with Crippen molar-refractivity contribution in [1.29, 1.82) is 0 Å². The number of nitrogens with zero attached hydrogens (tertiary/aromatic N) is 1. The Morgan fingerprint density at radius 2 is 1.96 bits per heavy atom. The molecule has 0 aliphatic heterocycles. The highest BCUT2D eigenvalue weighted by atomic mass is 19.4. The molecule has 1 aliphatic carbocycles. The van der Waals surface area contributed by atoms with Crippen molar-refractivity contribution >= 4 is 6.09 Å². The molecule has 2 N–H and O–H groups in total. The van der Waals surface area contributed by atoms with Gasteiger partial charge >= 0.3 is 12.3 Å². The Morgan fingerprint density at radius 1 is 1.33 bits per heavy atom. The molecule has 2 rings (SSSR count). The zero-order chi connectivity index (χ0) is 18.2. The first-order valence-corrected chi connectivity index (χ1v) is 7.82. The molecule has 0 aromatic heterocycles. The van der Waals surface area contributed by atoms with Crippen LogP contribution < -0.4 is 5.73 Å². The molecule has 0 radical (unpaired) electrons. The van der Waals surface area contributed by atoms with Crippen molar-refractivity contribution in [3.8, 4) is 0 Å². The summed E-state index contributed by atoms with van der Waals surface area (Å²) in [5.41, 5.74) is 4.31. The molecule has 134 valence electrons. The van der Waals surface area contributed by atoms with Crippen LogP contribution in [0.3, 0.4) is 0 Å². The van der Waals surface area contributed by atoms with Gasteiger partial charge in [0.15, 0.2) is 0 Å². The molecule has 0 saturated heterocycles. The minimum Gasteiger partial charge on any atom is -0.453 e. The quantitative estimate of drug-likeness (QED) is 0.901. The summed E-state index contributed by atoms with van der Waals surface area (Å²) in [6, 6.07) is 5.17. The van der Waals surface area contributed by atoms with Crippen LogP contribution in [0.5, 0.6) is 0 Å². The van der Waals surface area contributed by atoms with E-state index in [1.807, 2.05) is 0 Å². The first-order chi connectivity index (χ1) is 11.0. The average Bonchev–Trinajstić information content (AvgIpc) is 2.42. The van der Waals surface area contributed by atoms with E-state index in [4.69, 9.17) is 10.5 Å². The molecule has 24 heavy (non-hydrogen) atoms. The Labute approximate surface area is 139 Å². The third-order valence-electron chi connectivity index (χ3n) is 4.39. The van der Waals surface area contributed by atoms with E-state index in [2.05, 4.69) is 0 Å². The second kappa shape index (κ2) is 6.27. The van der Waals surface area contributed by atoms with E-state index in [0.717, 1.165) is 18.6 Å². The summed E-state index contributed by atoms with van der Waals surface area (Å²) < 4.78 is 44.0. The number of halogens is 3. The molecule has 1 amide bonds. The highest BCUT2D eigenvalue weighted by molar-refractivity contribution is 5.69. The lowest BCUT2D eigenvalue weighted by molar-refractivity contribution is -0.137. The van der Waals surface area contributed by atoms with Gasteiger partial charge in [-0.15, -0.1) is 0 Å². The number of hydrogen-bond donors (Lipinski definition) is 1. The SMILES string of the molecule is COC(=O)N(CC(C)(C)N)C1(c2cccc(C(F)(F)F)c2)CCC1. The van der Waals surface area contributed by atoms with Crippen LogP contribution in [0.4, 0.5) is 18.0 Å². The number of carbonyl (C=O) groups is 1. The van der Waals surface area contributed by atoms with Crippen LogP contribution in [0.2, 0.25) is 0 Å². The van der Waals surface area contributed by atoms with Gasteiger partial charge in [-0.25, -0.2) is 4.79 Å². The van der Waals surface area contributed by atoms with Crippen LogP contribution in [0.25, 0.3) is 0 Å². The lowest BCUT2D eigenvalue weighted by Gasteiger charge is -2.51. The van der Waals surface area contributed by atoms with E-state index in [0.29, 0.717) is 18.4 Å². The number of ether oxygens (including phenoxy) is 1. The summed E-state index contributed by atoms with van der Waals surface area (Å²) in [5, 5.41) is 0. The smallest absolute Gasteiger partial charge is 0.416 e. The number of rotatable bonds is 4. The molecule has 4 nitrogen and oxygen atoms in total. The van der Waals surface area contributed by atoms with Crippen LogP contribution in [-0.2, 0) is 16.5 Å². The molecule has 1 saturated carbocycles. The van der Waals surface area contributed by atoms with Crippen LogP contribution in [0.1, 0.15) is 44.2 Å². The second-order valence-electron chi connectivity index (χ2n) is 7.01. The lowest BCUT2D eigenvalue weighted by Crippen LogP contribution is -2.59. The van der Waals surface area contributed by atoms with E-state index in [9.17, 15) is 18.0 Å². The fraction of sp³-hybridized carbons (Fsp3) is 0.588. The van der Waals surface area contributed by atoms with Crippen molar-refractivity contribution in [2.24, 2.45) is 5.73 Å². The normalized spacial score (nSPS) is 17.1. The monoisotopic (exact) mass is 344 g/mol. The van der Waals surface area contributed by atoms with Crippen LogP contribution in [-0.4, -0.2) is 30.2 Å². The summed E-state index contributed by atoms with van der Waals surface area (Å²) in [5.74, 6) is 0. The molecular weight excluding hydrogens is 321 g/mol. The number of carbonyl (C=O) groups excluding carboxylic acids is 1. The summed E-state index contributed by atoms with van der Waals surface area (Å²) in [4.78, 5) is 13.8. The van der Waals surface area contributed by atoms with Gasteiger partial charge in [0.05, 0.1) is 18.2 Å². The molecule has 1 aromatic rings. The number of nitrogens with two attached hydrogens (primary N) is 1. The van der Waals surface area contributed by atoms with Gasteiger partial charge in [0.2, 0.25) is 0 Å². The summed E-state index contributed by atoms with van der Waals surface area (Å²) in [6.07, 6.45) is -3.01. The van der Waals surface area contributed by atoms with Crippen molar-refractivity contribution in [2.45, 2.75) is 50.4 Å². The standard InChI is InChI=1S/C17H23F3N2O2/c1-15(2,21)11-22(14(23)24-3)16(8-5-9-16)12-6-4-7-13(10-12)17(18,19)20/h4,6-7,10H,5,8-9,11,21H2,1-3H3. The maximum Gasteiger partial charge on any atom is 0.416 e. The first-order valence-electron chi connectivity index (χ1n) is 7.82. The Balaban J connectivity index is 2.47. The number of hydrogen-bond acceptors (Lipinski definition) is 3. The molecule has 0 heterocycles. The summed E-state index contributed by atoms with van der Waals surface area (Å²) in [7, 11) is 1.26. The average molecular weight is 344 g/mol. The van der Waals surface area contributed by atoms with Gasteiger partial charge in [-0.2, -0.15) is 13.2 Å². The molecule has 1 fully saturated rings. The molecule has 0 unspecified atom stereocenters. The van der Waals surface area contributed by atoms with E-state index >= 15 is 0 Å². The Kier molecular flexibility index (Phi) is 4.86. The summed E-state index contributed by atoms with van der Waals surface area (Å²) in [6.45, 7) is 3.72. The largest absolute Gasteiger partial charge is 0.453 e. The molecule has 1 aliphatic rings. The van der Waals surface area contributed by atoms with Gasteiger partial charge in [-0.05, 0) is 50.8 Å². The summed E-state index contributed by atoms with van der Waals surface area (Å²) >= 11 is 0. The topological polar surface area (TPSA) is 55.6 Å². The highest BCUT2D eigenvalue weighted by Gasteiger charge is 2.48. The number of amides is 1. The molecule has 7 heteroatoms. The third kappa shape index (κ3) is 3.66. The maximum absolute atomic E-state index is 13.0. The van der Waals surface area contributed by atoms with Crippen molar-refractivity contribution < 1.29 is 22.7 Å². The second-order valence-corrected chi connectivity index (χ2v) is 7.01. The minimum atomic E-state index is -4.43. The fourth-order valence-corrected chi connectivity index (χ4v) is 3.12. The van der Waals surface area contributed by atoms with Gasteiger partial charge < -0.3 is 10.5 Å². The predicted molar refractivity (Wildman–Crippen MR) is 84.4 cm³/mol.